The third-order valence-electron chi connectivity index (χ3n) is 4.43. The number of carbonyl (C=O) groups is 2. The molecule has 1 heterocycles. The smallest absolute Gasteiger partial charge is 0.326 e. The van der Waals surface area contributed by atoms with Gasteiger partial charge in [0.05, 0.1) is 22.7 Å². The Balaban J connectivity index is 2.11. The van der Waals surface area contributed by atoms with Crippen molar-refractivity contribution in [2.75, 3.05) is 13.7 Å². The number of sulfone groups is 1. The van der Waals surface area contributed by atoms with Gasteiger partial charge in [-0.25, -0.2) is 13.2 Å². The lowest BCUT2D eigenvalue weighted by atomic mass is 10.1. The molecule has 0 aliphatic carbocycles. The van der Waals surface area contributed by atoms with Crippen LogP contribution in [0.1, 0.15) is 25.8 Å². The van der Waals surface area contributed by atoms with Crippen LogP contribution in [0.5, 0.6) is 0 Å². The Morgan fingerprint density at radius 2 is 1.88 bits per heavy atom. The lowest BCUT2D eigenvalue weighted by Crippen LogP contribution is -2.41. The Bertz CT molecular complexity index is 741. The van der Waals surface area contributed by atoms with E-state index in [1.165, 1.54) is 24.1 Å². The zero-order valence-electron chi connectivity index (χ0n) is 14.5. The lowest BCUT2D eigenvalue weighted by molar-refractivity contribution is -0.148. The summed E-state index contributed by atoms with van der Waals surface area (Å²) < 4.78 is 29.4. The van der Waals surface area contributed by atoms with E-state index in [1.54, 1.807) is 26.0 Å². The van der Waals surface area contributed by atoms with Gasteiger partial charge in [-0.05, 0) is 31.5 Å². The van der Waals surface area contributed by atoms with E-state index in [9.17, 15) is 23.1 Å². The summed E-state index contributed by atoms with van der Waals surface area (Å²) in [5.41, 5.74) is 0.637. The first kappa shape index (κ1) is 19.4. The summed E-state index contributed by atoms with van der Waals surface area (Å²) in [4.78, 5) is 25.3. The summed E-state index contributed by atoms with van der Waals surface area (Å²) in [6.07, 6.45) is -0.00522. The quantitative estimate of drug-likeness (QED) is 0.806. The van der Waals surface area contributed by atoms with Crippen molar-refractivity contribution in [1.82, 2.24) is 4.90 Å². The van der Waals surface area contributed by atoms with E-state index in [0.29, 0.717) is 5.56 Å². The number of carboxylic acids is 1. The molecule has 2 unspecified atom stereocenters. The molecule has 138 valence electrons. The molecule has 0 radical (unpaired) electrons. The topological polar surface area (TPSA) is 101 Å². The number of rotatable bonds is 6. The Labute approximate surface area is 147 Å². The van der Waals surface area contributed by atoms with E-state index in [1.807, 2.05) is 0 Å². The van der Waals surface area contributed by atoms with Gasteiger partial charge in [-0.1, -0.05) is 12.1 Å². The molecule has 1 amide bonds. The van der Waals surface area contributed by atoms with E-state index in [2.05, 4.69) is 0 Å². The number of aliphatic carboxylic acids is 1. The number of carbonyl (C=O) groups excluding carboxylic acids is 1. The van der Waals surface area contributed by atoms with Crippen LogP contribution in [-0.4, -0.2) is 61.4 Å². The maximum atomic E-state index is 12.5. The normalized spacial score (nSPS) is 20.9. The minimum Gasteiger partial charge on any atom is -0.480 e. The van der Waals surface area contributed by atoms with E-state index in [4.69, 9.17) is 4.74 Å². The van der Waals surface area contributed by atoms with Crippen molar-refractivity contribution < 1.29 is 27.9 Å². The molecule has 25 heavy (non-hydrogen) atoms. The van der Waals surface area contributed by atoms with Crippen LogP contribution in [0.2, 0.25) is 0 Å². The lowest BCUT2D eigenvalue weighted by Gasteiger charge is -2.21. The number of nitrogens with zero attached hydrogens (tertiary/aromatic N) is 1. The van der Waals surface area contributed by atoms with Gasteiger partial charge in [0.2, 0.25) is 5.91 Å². The second-order valence-electron chi connectivity index (χ2n) is 6.41. The monoisotopic (exact) mass is 369 g/mol. The summed E-state index contributed by atoms with van der Waals surface area (Å²) in [5, 5.41) is 8.75. The number of methoxy groups -OCH3 is 1. The van der Waals surface area contributed by atoms with Gasteiger partial charge in [0.25, 0.3) is 0 Å². The number of benzene rings is 1. The van der Waals surface area contributed by atoms with Gasteiger partial charge in [-0.2, -0.15) is 0 Å². The molecule has 1 aromatic rings. The van der Waals surface area contributed by atoms with Crippen molar-refractivity contribution >= 4 is 21.7 Å². The summed E-state index contributed by atoms with van der Waals surface area (Å²) in [6, 6.07) is 5.25. The summed E-state index contributed by atoms with van der Waals surface area (Å²) in [6.45, 7) is 3.46. The zero-order valence-corrected chi connectivity index (χ0v) is 15.3. The van der Waals surface area contributed by atoms with E-state index < -0.39 is 27.1 Å². The Hall–Kier alpha value is -1.93. The van der Waals surface area contributed by atoms with Crippen LogP contribution in [0.15, 0.2) is 29.2 Å². The van der Waals surface area contributed by atoms with Gasteiger partial charge in [-0.15, -0.1) is 0 Å². The Morgan fingerprint density at radius 3 is 2.36 bits per heavy atom. The van der Waals surface area contributed by atoms with Gasteiger partial charge < -0.3 is 14.7 Å². The second-order valence-corrected chi connectivity index (χ2v) is 8.91. The highest BCUT2D eigenvalue weighted by Crippen LogP contribution is 2.22. The predicted octanol–water partition coefficient (Wildman–Crippen LogP) is 1.11. The minimum absolute atomic E-state index is 0.0161. The summed E-state index contributed by atoms with van der Waals surface area (Å²) in [7, 11) is -1.87. The van der Waals surface area contributed by atoms with Crippen LogP contribution in [0, 0.1) is 0 Å². The van der Waals surface area contributed by atoms with Crippen molar-refractivity contribution in [1.29, 1.82) is 0 Å². The highest BCUT2D eigenvalue weighted by molar-refractivity contribution is 7.92. The number of hydrogen-bond acceptors (Lipinski definition) is 5. The molecule has 1 fully saturated rings. The maximum absolute atomic E-state index is 12.5. The number of likely N-dealkylation sites (tertiary alicyclic amines) is 1. The molecule has 1 aliphatic heterocycles. The van der Waals surface area contributed by atoms with Crippen LogP contribution < -0.4 is 0 Å². The van der Waals surface area contributed by atoms with Crippen LogP contribution >= 0.6 is 0 Å². The van der Waals surface area contributed by atoms with Crippen molar-refractivity contribution in [3.63, 3.8) is 0 Å². The molecule has 1 aliphatic rings. The van der Waals surface area contributed by atoms with Crippen LogP contribution in [0.4, 0.5) is 0 Å². The molecule has 1 aromatic carbocycles. The number of hydrogen-bond donors (Lipinski definition) is 1. The fourth-order valence-electron chi connectivity index (χ4n) is 2.82. The predicted molar refractivity (Wildman–Crippen MR) is 91.0 cm³/mol. The zero-order chi connectivity index (χ0) is 18.8. The van der Waals surface area contributed by atoms with Crippen molar-refractivity contribution in [3.8, 4) is 0 Å². The van der Waals surface area contributed by atoms with Gasteiger partial charge in [0, 0.05) is 20.1 Å². The van der Waals surface area contributed by atoms with Crippen molar-refractivity contribution in [2.45, 2.75) is 49.0 Å². The standard InChI is InChI=1S/C17H23NO6S/c1-11(2)25(22,23)14-6-4-12(5-7-14)8-16(19)18-10-13(24-3)9-15(18)17(20)21/h4-7,11,13,15H,8-10H2,1-3H3,(H,20,21). The van der Waals surface area contributed by atoms with E-state index in [0.717, 1.165) is 0 Å². The number of amides is 1. The fraction of sp³-hybridized carbons (Fsp3) is 0.529. The first-order chi connectivity index (χ1) is 11.7. The highest BCUT2D eigenvalue weighted by atomic mass is 32.2. The van der Waals surface area contributed by atoms with E-state index in [-0.39, 0.29) is 36.3 Å². The molecule has 0 aromatic heterocycles. The molecule has 0 bridgehead atoms. The largest absolute Gasteiger partial charge is 0.480 e. The summed E-state index contributed by atoms with van der Waals surface area (Å²) >= 11 is 0. The van der Waals surface area contributed by atoms with Gasteiger partial charge in [-0.3, -0.25) is 4.79 Å². The SMILES string of the molecule is COC1CC(C(=O)O)N(C(=O)Cc2ccc(S(=O)(=O)C(C)C)cc2)C1. The van der Waals surface area contributed by atoms with E-state index >= 15 is 0 Å². The molecule has 0 spiro atoms. The number of carboxylic acid groups (broad SMARTS) is 1. The minimum atomic E-state index is -3.36. The first-order valence-electron chi connectivity index (χ1n) is 8.04. The average molecular weight is 369 g/mol. The summed E-state index contributed by atoms with van der Waals surface area (Å²) in [5.74, 6) is -1.36. The van der Waals surface area contributed by atoms with Crippen molar-refractivity contribution in [2.24, 2.45) is 0 Å². The van der Waals surface area contributed by atoms with Crippen LogP contribution in [0.25, 0.3) is 0 Å². The third kappa shape index (κ3) is 4.19. The average Bonchev–Trinajstić information content (AvgIpc) is 3.00. The molecule has 0 saturated carbocycles. The molecule has 2 rings (SSSR count). The Morgan fingerprint density at radius 1 is 1.28 bits per heavy atom. The molecule has 2 atom stereocenters. The molecular formula is C17H23NO6S. The maximum Gasteiger partial charge on any atom is 0.326 e. The van der Waals surface area contributed by atoms with Gasteiger partial charge in [0.1, 0.15) is 6.04 Å². The number of ether oxygens (including phenoxy) is 1. The van der Waals surface area contributed by atoms with Crippen LogP contribution in [-0.2, 0) is 30.6 Å². The van der Waals surface area contributed by atoms with Crippen molar-refractivity contribution in [3.05, 3.63) is 29.8 Å². The Kier molecular flexibility index (Phi) is 5.84. The van der Waals surface area contributed by atoms with Gasteiger partial charge >= 0.3 is 5.97 Å². The fourth-order valence-corrected chi connectivity index (χ4v) is 3.88. The second kappa shape index (κ2) is 7.53. The highest BCUT2D eigenvalue weighted by Gasteiger charge is 2.39. The first-order valence-corrected chi connectivity index (χ1v) is 9.59. The molecule has 7 nitrogen and oxygen atoms in total. The molecular weight excluding hydrogens is 346 g/mol. The third-order valence-corrected chi connectivity index (χ3v) is 6.60. The molecule has 1 saturated heterocycles. The van der Waals surface area contributed by atoms with Gasteiger partial charge in [0.15, 0.2) is 9.84 Å². The molecule has 1 N–H and O–H groups in total. The molecule has 8 heteroatoms. The van der Waals surface area contributed by atoms with Crippen LogP contribution in [0.3, 0.4) is 0 Å².